The Kier molecular flexibility index (Phi) is 8.14. The van der Waals surface area contributed by atoms with Gasteiger partial charge < -0.3 is 24.0 Å². The van der Waals surface area contributed by atoms with Gasteiger partial charge in [-0.25, -0.2) is 14.0 Å². The second-order valence-corrected chi connectivity index (χ2v) is 8.91. The second-order valence-electron chi connectivity index (χ2n) is 8.91. The lowest BCUT2D eigenvalue weighted by molar-refractivity contribution is -0.00614. The molecule has 3 rings (SSSR count). The molecule has 0 radical (unpaired) electrons. The highest BCUT2D eigenvalue weighted by atomic mass is 19.1. The fourth-order valence-electron chi connectivity index (χ4n) is 3.51. The normalized spacial score (nSPS) is 16.3. The molecule has 0 aromatic heterocycles. The topological polar surface area (TPSA) is 68.3 Å². The van der Waals surface area contributed by atoms with Crippen molar-refractivity contribution in [3.8, 4) is 5.75 Å². The van der Waals surface area contributed by atoms with Gasteiger partial charge in [0.05, 0.1) is 12.6 Å². The average molecular weight is 459 g/mol. The minimum atomic E-state index is -0.633. The Morgan fingerprint density at radius 2 is 1.79 bits per heavy atom. The van der Waals surface area contributed by atoms with Crippen LogP contribution < -0.4 is 4.74 Å². The number of ether oxygens (including phenoxy) is 3. The molecule has 178 valence electrons. The first-order valence-corrected chi connectivity index (χ1v) is 11.0. The van der Waals surface area contributed by atoms with E-state index in [2.05, 4.69) is 0 Å². The molecule has 1 saturated heterocycles. The summed E-state index contributed by atoms with van der Waals surface area (Å²) in [5.74, 6) is 0.0293. The van der Waals surface area contributed by atoms with Crippen molar-refractivity contribution in [2.24, 2.45) is 0 Å². The summed E-state index contributed by atoms with van der Waals surface area (Å²) in [6.07, 6.45) is -0.424. The molecule has 1 atom stereocenters. The van der Waals surface area contributed by atoms with E-state index in [1.165, 1.54) is 12.1 Å². The van der Waals surface area contributed by atoms with E-state index in [-0.39, 0.29) is 25.1 Å². The lowest BCUT2D eigenvalue weighted by Gasteiger charge is -2.41. The van der Waals surface area contributed by atoms with Crippen LogP contribution in [0.1, 0.15) is 32.8 Å². The quantitative estimate of drug-likeness (QED) is 0.619. The maximum absolute atomic E-state index is 13.4. The molecule has 1 aliphatic heterocycles. The van der Waals surface area contributed by atoms with E-state index in [0.717, 1.165) is 5.56 Å². The van der Waals surface area contributed by atoms with Gasteiger partial charge in [-0.15, -0.1) is 0 Å². The van der Waals surface area contributed by atoms with Crippen LogP contribution in [0.4, 0.5) is 14.0 Å². The van der Waals surface area contributed by atoms with Gasteiger partial charge in [0.2, 0.25) is 0 Å². The molecule has 33 heavy (non-hydrogen) atoms. The Bertz CT molecular complexity index is 932. The number of nitrogens with zero attached hydrogens (tertiary/aromatic N) is 2. The molecule has 0 bridgehead atoms. The van der Waals surface area contributed by atoms with Crippen LogP contribution in [0.3, 0.4) is 0 Å². The van der Waals surface area contributed by atoms with Gasteiger partial charge in [0.25, 0.3) is 0 Å². The zero-order chi connectivity index (χ0) is 23.8. The smallest absolute Gasteiger partial charge is 0.410 e. The van der Waals surface area contributed by atoms with Crippen LogP contribution in [0.25, 0.3) is 0 Å². The summed E-state index contributed by atoms with van der Waals surface area (Å²) in [7, 11) is 0. The van der Waals surface area contributed by atoms with Crippen molar-refractivity contribution in [3.63, 3.8) is 0 Å². The van der Waals surface area contributed by atoms with Gasteiger partial charge in [0.1, 0.15) is 23.8 Å². The van der Waals surface area contributed by atoms with Gasteiger partial charge in [0, 0.05) is 32.1 Å². The van der Waals surface area contributed by atoms with E-state index >= 15 is 0 Å². The molecule has 0 unspecified atom stereocenters. The third-order valence-electron chi connectivity index (χ3n) is 5.09. The molecular formula is C25H31FN2O5. The first-order valence-electron chi connectivity index (χ1n) is 11.0. The van der Waals surface area contributed by atoms with Crippen molar-refractivity contribution < 1.29 is 28.2 Å². The van der Waals surface area contributed by atoms with E-state index in [1.807, 2.05) is 51.1 Å². The molecule has 2 amide bonds. The summed E-state index contributed by atoms with van der Waals surface area (Å²) in [5, 5.41) is 0. The van der Waals surface area contributed by atoms with Crippen molar-refractivity contribution >= 4 is 12.2 Å². The Labute approximate surface area is 194 Å². The fourth-order valence-corrected chi connectivity index (χ4v) is 3.51. The van der Waals surface area contributed by atoms with Gasteiger partial charge in [-0.1, -0.05) is 36.4 Å². The third kappa shape index (κ3) is 7.66. The minimum absolute atomic E-state index is 0.180. The SMILES string of the molecule is CC(C)(C)OC(=O)N1CCN(C(=O)OCc2ccccc2)C[C@H]1CCOc1cccc(F)c1. The van der Waals surface area contributed by atoms with Crippen LogP contribution in [-0.2, 0) is 16.1 Å². The number of halogens is 1. The molecule has 2 aromatic carbocycles. The summed E-state index contributed by atoms with van der Waals surface area (Å²) in [6, 6.07) is 15.0. The Hall–Kier alpha value is -3.29. The van der Waals surface area contributed by atoms with E-state index in [4.69, 9.17) is 14.2 Å². The number of piperazine rings is 1. The van der Waals surface area contributed by atoms with Crippen molar-refractivity contribution in [1.29, 1.82) is 0 Å². The first kappa shape index (κ1) is 24.4. The number of hydrogen-bond donors (Lipinski definition) is 0. The molecule has 8 heteroatoms. The van der Waals surface area contributed by atoms with Crippen LogP contribution in [-0.4, -0.2) is 59.9 Å². The first-order chi connectivity index (χ1) is 15.7. The van der Waals surface area contributed by atoms with E-state index < -0.39 is 17.8 Å². The second kappa shape index (κ2) is 11.0. The van der Waals surface area contributed by atoms with Crippen LogP contribution in [0, 0.1) is 5.82 Å². The molecule has 1 aliphatic rings. The lowest BCUT2D eigenvalue weighted by atomic mass is 10.1. The van der Waals surface area contributed by atoms with E-state index in [1.54, 1.807) is 21.9 Å². The Balaban J connectivity index is 1.61. The number of hydrogen-bond acceptors (Lipinski definition) is 5. The highest BCUT2D eigenvalue weighted by Crippen LogP contribution is 2.20. The molecule has 0 spiro atoms. The summed E-state index contributed by atoms with van der Waals surface area (Å²) in [5.41, 5.74) is 0.268. The van der Waals surface area contributed by atoms with Gasteiger partial charge in [-0.2, -0.15) is 0 Å². The number of benzene rings is 2. The highest BCUT2D eigenvalue weighted by molar-refractivity contribution is 5.71. The van der Waals surface area contributed by atoms with Crippen molar-refractivity contribution in [1.82, 2.24) is 9.80 Å². The highest BCUT2D eigenvalue weighted by Gasteiger charge is 2.35. The molecule has 2 aromatic rings. The maximum atomic E-state index is 13.4. The number of rotatable bonds is 6. The minimum Gasteiger partial charge on any atom is -0.493 e. The van der Waals surface area contributed by atoms with Gasteiger partial charge in [-0.05, 0) is 38.5 Å². The predicted octanol–water partition coefficient (Wildman–Crippen LogP) is 4.85. The van der Waals surface area contributed by atoms with Crippen LogP contribution >= 0.6 is 0 Å². The summed E-state index contributed by atoms with van der Waals surface area (Å²) >= 11 is 0. The molecule has 0 saturated carbocycles. The number of carbonyl (C=O) groups is 2. The van der Waals surface area contributed by atoms with E-state index in [0.29, 0.717) is 31.8 Å². The van der Waals surface area contributed by atoms with E-state index in [9.17, 15) is 14.0 Å². The largest absolute Gasteiger partial charge is 0.493 e. The van der Waals surface area contributed by atoms with Gasteiger partial charge in [-0.3, -0.25) is 0 Å². The standard InChI is InChI=1S/C25H31FN2O5/c1-25(2,3)33-24(30)28-14-13-27(23(29)32-18-19-8-5-4-6-9-19)17-21(28)12-15-31-22-11-7-10-20(26)16-22/h4-11,16,21H,12-15,17-18H2,1-3H3/t21-/m1/s1. The molecule has 1 fully saturated rings. The summed E-state index contributed by atoms with van der Waals surface area (Å²) in [4.78, 5) is 28.6. The summed E-state index contributed by atoms with van der Waals surface area (Å²) in [6.45, 7) is 6.81. The van der Waals surface area contributed by atoms with Crippen LogP contribution in [0.15, 0.2) is 54.6 Å². The molecular weight excluding hydrogens is 427 g/mol. The maximum Gasteiger partial charge on any atom is 0.410 e. The molecule has 0 N–H and O–H groups in total. The monoisotopic (exact) mass is 458 g/mol. The number of amides is 2. The number of carbonyl (C=O) groups excluding carboxylic acids is 2. The Morgan fingerprint density at radius 1 is 1.03 bits per heavy atom. The lowest BCUT2D eigenvalue weighted by Crippen LogP contribution is -2.57. The molecule has 7 nitrogen and oxygen atoms in total. The summed E-state index contributed by atoms with van der Waals surface area (Å²) < 4.78 is 30.1. The Morgan fingerprint density at radius 3 is 2.48 bits per heavy atom. The third-order valence-corrected chi connectivity index (χ3v) is 5.09. The zero-order valence-electron chi connectivity index (χ0n) is 19.3. The van der Waals surface area contributed by atoms with Gasteiger partial charge in [0.15, 0.2) is 0 Å². The zero-order valence-corrected chi connectivity index (χ0v) is 19.3. The van der Waals surface area contributed by atoms with Crippen molar-refractivity contribution in [2.45, 2.75) is 45.4 Å². The fraction of sp³-hybridized carbons (Fsp3) is 0.440. The van der Waals surface area contributed by atoms with Crippen LogP contribution in [0.2, 0.25) is 0 Å². The van der Waals surface area contributed by atoms with Crippen molar-refractivity contribution in [3.05, 3.63) is 66.0 Å². The van der Waals surface area contributed by atoms with Crippen molar-refractivity contribution in [2.75, 3.05) is 26.2 Å². The molecule has 1 heterocycles. The van der Waals surface area contributed by atoms with Crippen LogP contribution in [0.5, 0.6) is 5.75 Å². The predicted molar refractivity (Wildman–Crippen MR) is 121 cm³/mol. The van der Waals surface area contributed by atoms with Gasteiger partial charge >= 0.3 is 12.2 Å². The average Bonchev–Trinajstić information content (AvgIpc) is 2.77. The molecule has 0 aliphatic carbocycles.